The third-order valence-corrected chi connectivity index (χ3v) is 7.19. The van der Waals surface area contributed by atoms with Crippen LogP contribution in [0.2, 0.25) is 0 Å². The van der Waals surface area contributed by atoms with E-state index < -0.39 is 29.8 Å². The van der Waals surface area contributed by atoms with Gasteiger partial charge in [-0.2, -0.15) is 4.39 Å². The number of nitrogens with zero attached hydrogens (tertiary/aromatic N) is 3. The number of anilines is 2. The summed E-state index contributed by atoms with van der Waals surface area (Å²) in [7, 11) is 1.26. The van der Waals surface area contributed by atoms with Gasteiger partial charge >= 0.3 is 0 Å². The van der Waals surface area contributed by atoms with Gasteiger partial charge in [0.1, 0.15) is 0 Å². The van der Waals surface area contributed by atoms with Crippen LogP contribution in [-0.2, 0) is 4.79 Å². The number of fused-ring (bicyclic) bond motifs is 1. The first-order valence-electron chi connectivity index (χ1n) is 13.6. The van der Waals surface area contributed by atoms with Gasteiger partial charge in [0.05, 0.1) is 31.1 Å². The quantitative estimate of drug-likeness (QED) is 0.160. The SMILES string of the molecule is COc1ccc(-c2cnc3c(Nc4ccc(C(=O)NC[C@@H](N)CNC(=O)[C@@H]5C[C@@H](O)CN5)c(C)c4)nccn23)c(F)c1F. The Balaban J connectivity index is 1.22. The molecular weight excluding hydrogens is 562 g/mol. The largest absolute Gasteiger partial charge is 0.494 e. The number of ether oxygens (including phenoxy) is 1. The van der Waals surface area contributed by atoms with Crippen molar-refractivity contribution in [1.82, 2.24) is 30.3 Å². The lowest BCUT2D eigenvalue weighted by atomic mass is 10.1. The molecule has 5 rings (SSSR count). The summed E-state index contributed by atoms with van der Waals surface area (Å²) in [5.41, 5.74) is 8.55. The number of aryl methyl sites for hydroxylation is 1. The van der Waals surface area contributed by atoms with Gasteiger partial charge in [-0.15, -0.1) is 0 Å². The Labute approximate surface area is 245 Å². The van der Waals surface area contributed by atoms with Crippen molar-refractivity contribution in [1.29, 1.82) is 0 Å². The molecule has 14 heteroatoms. The average Bonchev–Trinajstić information content (AvgIpc) is 3.63. The third-order valence-electron chi connectivity index (χ3n) is 7.19. The number of halogens is 2. The van der Waals surface area contributed by atoms with Gasteiger partial charge in [0.2, 0.25) is 11.7 Å². The highest BCUT2D eigenvalue weighted by Crippen LogP contribution is 2.31. The Bertz CT molecular complexity index is 1660. The van der Waals surface area contributed by atoms with Crippen LogP contribution in [0.3, 0.4) is 0 Å². The van der Waals surface area contributed by atoms with E-state index in [9.17, 15) is 23.5 Å². The molecule has 0 aliphatic carbocycles. The lowest BCUT2D eigenvalue weighted by molar-refractivity contribution is -0.123. The van der Waals surface area contributed by atoms with Crippen LogP contribution in [0.1, 0.15) is 22.3 Å². The lowest BCUT2D eigenvalue weighted by Crippen LogP contribution is -2.48. The minimum Gasteiger partial charge on any atom is -0.494 e. The summed E-state index contributed by atoms with van der Waals surface area (Å²) >= 11 is 0. The number of amides is 2. The maximum absolute atomic E-state index is 14.8. The zero-order valence-electron chi connectivity index (χ0n) is 23.5. The van der Waals surface area contributed by atoms with Gasteiger partial charge in [0, 0.05) is 54.9 Å². The number of nitrogens with two attached hydrogens (primary N) is 1. The lowest BCUT2D eigenvalue weighted by Gasteiger charge is -2.17. The van der Waals surface area contributed by atoms with Crippen LogP contribution in [0, 0.1) is 18.6 Å². The number of β-amino-alcohol motifs (C(OH)–C–C–N with tert-alkyl or cyclic N) is 1. The Kier molecular flexibility index (Phi) is 8.80. The molecule has 12 nitrogen and oxygen atoms in total. The van der Waals surface area contributed by atoms with E-state index >= 15 is 0 Å². The summed E-state index contributed by atoms with van der Waals surface area (Å²) in [6, 6.07) is 6.94. The average molecular weight is 595 g/mol. The summed E-state index contributed by atoms with van der Waals surface area (Å²) in [4.78, 5) is 33.7. The van der Waals surface area contributed by atoms with E-state index in [1.807, 2.05) is 0 Å². The van der Waals surface area contributed by atoms with E-state index in [2.05, 4.69) is 31.2 Å². The molecular formula is C29H32F2N8O4. The highest BCUT2D eigenvalue weighted by molar-refractivity contribution is 5.96. The number of carbonyl (C=O) groups excluding carboxylic acids is 2. The van der Waals surface area contributed by atoms with Crippen molar-refractivity contribution >= 4 is 29.0 Å². The summed E-state index contributed by atoms with van der Waals surface area (Å²) in [5.74, 6) is -2.53. The maximum atomic E-state index is 14.8. The predicted molar refractivity (Wildman–Crippen MR) is 155 cm³/mol. The van der Waals surface area contributed by atoms with Crippen LogP contribution in [-0.4, -0.2) is 76.2 Å². The van der Waals surface area contributed by atoms with E-state index in [-0.39, 0.29) is 36.2 Å². The van der Waals surface area contributed by atoms with Crippen molar-refractivity contribution in [3.63, 3.8) is 0 Å². The molecule has 0 unspecified atom stereocenters. The fourth-order valence-electron chi connectivity index (χ4n) is 4.89. The number of benzene rings is 2. The molecule has 43 heavy (non-hydrogen) atoms. The summed E-state index contributed by atoms with van der Waals surface area (Å²) in [5, 5.41) is 21.2. The molecule has 1 fully saturated rings. The van der Waals surface area contributed by atoms with Gasteiger partial charge in [-0.05, 0) is 49.2 Å². The molecule has 226 valence electrons. The number of rotatable bonds is 10. The van der Waals surface area contributed by atoms with E-state index in [1.165, 1.54) is 31.6 Å². The molecule has 1 aliphatic heterocycles. The first kappa shape index (κ1) is 29.8. The third kappa shape index (κ3) is 6.40. The van der Waals surface area contributed by atoms with Crippen molar-refractivity contribution < 1.29 is 28.2 Å². The van der Waals surface area contributed by atoms with Crippen molar-refractivity contribution in [2.24, 2.45) is 5.73 Å². The molecule has 2 aromatic carbocycles. The molecule has 1 saturated heterocycles. The Morgan fingerprint density at radius 3 is 2.70 bits per heavy atom. The van der Waals surface area contributed by atoms with Crippen molar-refractivity contribution in [3.8, 4) is 17.0 Å². The summed E-state index contributed by atoms with van der Waals surface area (Å²) in [6.07, 6.45) is 4.33. The van der Waals surface area contributed by atoms with E-state index in [4.69, 9.17) is 10.5 Å². The molecule has 2 amide bonds. The Morgan fingerprint density at radius 2 is 1.98 bits per heavy atom. The van der Waals surface area contributed by atoms with Gasteiger partial charge in [-0.3, -0.25) is 14.0 Å². The molecule has 7 N–H and O–H groups in total. The molecule has 3 heterocycles. The molecule has 1 aliphatic rings. The smallest absolute Gasteiger partial charge is 0.251 e. The highest BCUT2D eigenvalue weighted by atomic mass is 19.2. The van der Waals surface area contributed by atoms with Gasteiger partial charge < -0.3 is 36.8 Å². The molecule has 2 aromatic heterocycles. The fourth-order valence-corrected chi connectivity index (χ4v) is 4.89. The second kappa shape index (κ2) is 12.7. The number of aromatic nitrogens is 3. The molecule has 3 atom stereocenters. The van der Waals surface area contributed by atoms with E-state index in [0.29, 0.717) is 46.9 Å². The van der Waals surface area contributed by atoms with Gasteiger partial charge in [0.15, 0.2) is 23.0 Å². The number of imidazole rings is 1. The summed E-state index contributed by atoms with van der Waals surface area (Å²) in [6.45, 7) is 2.47. The van der Waals surface area contributed by atoms with Crippen LogP contribution < -0.4 is 31.7 Å². The number of aliphatic hydroxyl groups is 1. The first-order chi connectivity index (χ1) is 20.7. The predicted octanol–water partition coefficient (Wildman–Crippen LogP) is 1.63. The Hall–Kier alpha value is -4.66. The second-order valence-corrected chi connectivity index (χ2v) is 10.3. The monoisotopic (exact) mass is 594 g/mol. The van der Waals surface area contributed by atoms with E-state index in [0.717, 1.165) is 0 Å². The summed E-state index contributed by atoms with van der Waals surface area (Å²) < 4.78 is 35.6. The number of methoxy groups -OCH3 is 1. The molecule has 0 saturated carbocycles. The zero-order chi connectivity index (χ0) is 30.7. The van der Waals surface area contributed by atoms with Crippen LogP contribution >= 0.6 is 0 Å². The maximum Gasteiger partial charge on any atom is 0.251 e. The van der Waals surface area contributed by atoms with Crippen LogP contribution in [0.5, 0.6) is 5.75 Å². The van der Waals surface area contributed by atoms with Crippen LogP contribution in [0.15, 0.2) is 48.9 Å². The zero-order valence-corrected chi connectivity index (χ0v) is 23.5. The topological polar surface area (TPSA) is 168 Å². The normalized spacial score (nSPS) is 17.1. The van der Waals surface area contributed by atoms with Gasteiger partial charge in [0.25, 0.3) is 5.91 Å². The standard InChI is InChI=1S/C29H32F2N8O4/c1-15-9-17(3-4-19(15)28(41)36-11-16(32)12-37-29(42)21-10-18(40)13-34-21)38-26-27-35-14-22(39(27)8-7-33-26)20-5-6-23(43-2)25(31)24(20)30/h3-9,14,16,18,21,34,40H,10-13,32H2,1-2H3,(H,33,38)(H,36,41)(H,37,42)/t16-,18-,21+/m1/s1. The van der Waals surface area contributed by atoms with Crippen molar-refractivity contribution in [3.05, 3.63) is 71.7 Å². The number of hydrogen-bond acceptors (Lipinski definition) is 9. The molecule has 0 radical (unpaired) electrons. The van der Waals surface area contributed by atoms with Crippen LogP contribution in [0.4, 0.5) is 20.3 Å². The van der Waals surface area contributed by atoms with Crippen molar-refractivity contribution in [2.75, 3.05) is 32.1 Å². The van der Waals surface area contributed by atoms with Crippen LogP contribution in [0.25, 0.3) is 16.9 Å². The molecule has 0 spiro atoms. The number of carbonyl (C=O) groups is 2. The fraction of sp³-hybridized carbons (Fsp3) is 0.310. The van der Waals surface area contributed by atoms with Crippen molar-refractivity contribution in [2.45, 2.75) is 31.5 Å². The number of hydrogen-bond donors (Lipinski definition) is 6. The number of aliphatic hydroxyl groups excluding tert-OH is 1. The first-order valence-corrected chi connectivity index (χ1v) is 13.6. The minimum atomic E-state index is -1.09. The molecule has 0 bridgehead atoms. The molecule has 4 aromatic rings. The van der Waals surface area contributed by atoms with E-state index in [1.54, 1.807) is 35.7 Å². The Morgan fingerprint density at radius 1 is 1.19 bits per heavy atom. The minimum absolute atomic E-state index is 0.0157. The highest BCUT2D eigenvalue weighted by Gasteiger charge is 2.28. The van der Waals surface area contributed by atoms with Gasteiger partial charge in [-0.25, -0.2) is 14.4 Å². The number of nitrogens with one attached hydrogen (secondary N) is 4. The van der Waals surface area contributed by atoms with Gasteiger partial charge in [-0.1, -0.05) is 0 Å². The second-order valence-electron chi connectivity index (χ2n) is 10.3.